The summed E-state index contributed by atoms with van der Waals surface area (Å²) in [5.41, 5.74) is 1.39. The van der Waals surface area contributed by atoms with Gasteiger partial charge in [-0.25, -0.2) is 4.79 Å². The van der Waals surface area contributed by atoms with E-state index in [2.05, 4.69) is 39.8 Å². The predicted octanol–water partition coefficient (Wildman–Crippen LogP) is 4.67. The zero-order valence-electron chi connectivity index (χ0n) is 24.7. The van der Waals surface area contributed by atoms with E-state index in [-0.39, 0.29) is 25.0 Å². The van der Waals surface area contributed by atoms with Crippen LogP contribution in [0.1, 0.15) is 55.4 Å². The normalized spacial score (nSPS) is 18.4. The molecule has 1 unspecified atom stereocenters. The Balaban J connectivity index is 1.10. The van der Waals surface area contributed by atoms with E-state index in [1.807, 2.05) is 42.5 Å². The lowest BCUT2D eigenvalue weighted by Crippen LogP contribution is -2.72. The molecule has 2 N–H and O–H groups in total. The van der Waals surface area contributed by atoms with E-state index in [9.17, 15) is 14.4 Å². The lowest BCUT2D eigenvalue weighted by Gasteiger charge is -2.51. The van der Waals surface area contributed by atoms with Gasteiger partial charge in [0.2, 0.25) is 11.8 Å². The van der Waals surface area contributed by atoms with Gasteiger partial charge in [-0.3, -0.25) is 9.59 Å². The highest BCUT2D eigenvalue weighted by molar-refractivity contribution is 6.00. The number of piperazine rings is 1. The second kappa shape index (κ2) is 14.9. The number of rotatable bonds is 13. The molecular formula is C34H42N4O5. The van der Waals surface area contributed by atoms with Crippen LogP contribution in [0.15, 0.2) is 83.5 Å². The average Bonchev–Trinajstić information content (AvgIpc) is 3.56. The summed E-state index contributed by atoms with van der Waals surface area (Å²) in [4.78, 5) is 43.8. The van der Waals surface area contributed by atoms with Crippen molar-refractivity contribution in [3.8, 4) is 0 Å². The Morgan fingerprint density at radius 1 is 0.930 bits per heavy atom. The summed E-state index contributed by atoms with van der Waals surface area (Å²) < 4.78 is 10.9. The Morgan fingerprint density at radius 3 is 2.35 bits per heavy atom. The van der Waals surface area contributed by atoms with Gasteiger partial charge in [-0.15, -0.1) is 0 Å². The summed E-state index contributed by atoms with van der Waals surface area (Å²) in [6, 6.07) is 23.1. The molecule has 0 bridgehead atoms. The van der Waals surface area contributed by atoms with Gasteiger partial charge in [-0.05, 0) is 74.8 Å². The van der Waals surface area contributed by atoms with Crippen LogP contribution in [0.4, 0.5) is 4.79 Å². The molecule has 2 saturated heterocycles. The van der Waals surface area contributed by atoms with Crippen LogP contribution in [-0.4, -0.2) is 65.5 Å². The highest BCUT2D eigenvalue weighted by Crippen LogP contribution is 2.35. The minimum absolute atomic E-state index is 0.0660. The van der Waals surface area contributed by atoms with E-state index in [1.165, 1.54) is 5.56 Å². The number of furan rings is 1. The van der Waals surface area contributed by atoms with E-state index in [1.54, 1.807) is 17.2 Å². The molecule has 3 amide bonds. The number of ether oxygens (including phenoxy) is 1. The molecule has 9 heteroatoms. The van der Waals surface area contributed by atoms with E-state index in [0.717, 1.165) is 38.0 Å². The fourth-order valence-corrected chi connectivity index (χ4v) is 6.09. The summed E-state index contributed by atoms with van der Waals surface area (Å²) in [5, 5.41) is 5.83. The number of likely N-dealkylation sites (tertiary alicyclic amines) is 1. The van der Waals surface area contributed by atoms with Crippen LogP contribution in [-0.2, 0) is 33.9 Å². The molecule has 3 aromatic rings. The molecule has 0 aliphatic carbocycles. The van der Waals surface area contributed by atoms with Crippen molar-refractivity contribution in [3.05, 3.63) is 95.9 Å². The second-order valence-electron chi connectivity index (χ2n) is 11.5. The maximum atomic E-state index is 13.8. The van der Waals surface area contributed by atoms with Gasteiger partial charge in [-0.2, -0.15) is 0 Å². The first-order chi connectivity index (χ1) is 21.0. The predicted molar refractivity (Wildman–Crippen MR) is 163 cm³/mol. The highest BCUT2D eigenvalue weighted by atomic mass is 16.5. The minimum atomic E-state index is -0.875. The Morgan fingerprint density at radius 2 is 1.65 bits per heavy atom. The van der Waals surface area contributed by atoms with Crippen LogP contribution in [0.25, 0.3) is 0 Å². The Kier molecular flexibility index (Phi) is 10.5. The molecule has 0 radical (unpaired) electrons. The van der Waals surface area contributed by atoms with E-state index >= 15 is 0 Å². The fraction of sp³-hybridized carbons (Fsp3) is 0.441. The quantitative estimate of drug-likeness (QED) is 0.282. The third kappa shape index (κ3) is 8.04. The number of benzene rings is 2. The average molecular weight is 587 g/mol. The molecule has 228 valence electrons. The van der Waals surface area contributed by atoms with Crippen molar-refractivity contribution in [2.24, 2.45) is 0 Å². The summed E-state index contributed by atoms with van der Waals surface area (Å²) in [5.74, 6) is 0.531. The monoisotopic (exact) mass is 586 g/mol. The number of aryl methyl sites for hydroxylation is 1. The number of carbonyl (C=O) groups is 3. The maximum Gasteiger partial charge on any atom is 0.407 e. The van der Waals surface area contributed by atoms with Gasteiger partial charge in [0.05, 0.1) is 12.8 Å². The number of nitrogens with zero attached hydrogens (tertiary/aromatic N) is 2. The third-order valence-electron chi connectivity index (χ3n) is 8.57. The van der Waals surface area contributed by atoms with Crippen molar-refractivity contribution >= 4 is 17.9 Å². The van der Waals surface area contributed by atoms with Crippen molar-refractivity contribution < 1.29 is 23.5 Å². The first kappa shape index (κ1) is 30.4. The van der Waals surface area contributed by atoms with Crippen molar-refractivity contribution in [1.82, 2.24) is 20.4 Å². The molecule has 1 atom stereocenters. The van der Waals surface area contributed by atoms with E-state index in [0.29, 0.717) is 44.4 Å². The van der Waals surface area contributed by atoms with Gasteiger partial charge in [-0.1, -0.05) is 60.7 Å². The molecule has 9 nitrogen and oxygen atoms in total. The Hall–Kier alpha value is -4.11. The van der Waals surface area contributed by atoms with E-state index < -0.39 is 17.7 Å². The van der Waals surface area contributed by atoms with Gasteiger partial charge in [0.1, 0.15) is 23.9 Å². The summed E-state index contributed by atoms with van der Waals surface area (Å²) in [7, 11) is 0. The number of unbranched alkanes of at least 4 members (excludes halogenated alkanes) is 1. The van der Waals surface area contributed by atoms with E-state index in [4.69, 9.17) is 9.15 Å². The SMILES string of the molecule is O=C(NCCCCC1NC(=O)C2(CCN(CCCc3ccccc3)CC2)N(Cc2ccco2)C1=O)OCc1ccccc1. The van der Waals surface area contributed by atoms with Crippen LogP contribution in [0.3, 0.4) is 0 Å². The zero-order valence-corrected chi connectivity index (χ0v) is 24.7. The fourth-order valence-electron chi connectivity index (χ4n) is 6.09. The number of piperidine rings is 1. The number of nitrogens with one attached hydrogen (secondary N) is 2. The molecule has 43 heavy (non-hydrogen) atoms. The molecule has 2 aliphatic rings. The van der Waals surface area contributed by atoms with Crippen LogP contribution >= 0.6 is 0 Å². The van der Waals surface area contributed by atoms with Crippen molar-refractivity contribution in [2.75, 3.05) is 26.2 Å². The first-order valence-electron chi connectivity index (χ1n) is 15.4. The largest absolute Gasteiger partial charge is 0.467 e. The molecule has 3 heterocycles. The third-order valence-corrected chi connectivity index (χ3v) is 8.57. The molecule has 5 rings (SSSR count). The molecular weight excluding hydrogens is 544 g/mol. The van der Waals surface area contributed by atoms with Crippen LogP contribution in [0, 0.1) is 0 Å². The topological polar surface area (TPSA) is 104 Å². The van der Waals surface area contributed by atoms with Crippen molar-refractivity contribution in [3.63, 3.8) is 0 Å². The lowest BCUT2D eigenvalue weighted by atomic mass is 9.81. The smallest absolute Gasteiger partial charge is 0.407 e. The number of alkyl carbamates (subject to hydrolysis) is 1. The van der Waals surface area contributed by atoms with Crippen molar-refractivity contribution in [2.45, 2.75) is 69.7 Å². The summed E-state index contributed by atoms with van der Waals surface area (Å²) in [6.07, 6.45) is 6.25. The maximum absolute atomic E-state index is 13.8. The van der Waals surface area contributed by atoms with Gasteiger partial charge in [0.15, 0.2) is 0 Å². The number of hydrogen-bond acceptors (Lipinski definition) is 6. The van der Waals surface area contributed by atoms with Crippen molar-refractivity contribution in [1.29, 1.82) is 0 Å². The molecule has 2 aromatic carbocycles. The first-order valence-corrected chi connectivity index (χ1v) is 15.4. The molecule has 1 aromatic heterocycles. The van der Waals surface area contributed by atoms with Crippen LogP contribution in [0.2, 0.25) is 0 Å². The molecule has 1 spiro atoms. The second-order valence-corrected chi connectivity index (χ2v) is 11.5. The summed E-state index contributed by atoms with van der Waals surface area (Å²) >= 11 is 0. The standard InChI is InChI=1S/C34H42N4O5/c39-31-30(17-7-8-20-35-33(41)43-26-28-13-5-2-6-14-28)36-32(40)34(38(31)25-29-16-10-24-42-29)18-22-37(23-19-34)21-9-15-27-11-3-1-4-12-27/h1-6,10-14,16,24,30H,7-9,15,17-23,25-26H2,(H,35,41)(H,36,40). The molecule has 2 aliphatic heterocycles. The molecule has 0 saturated carbocycles. The highest BCUT2D eigenvalue weighted by Gasteiger charge is 2.53. The Bertz CT molecular complexity index is 1310. The van der Waals surface area contributed by atoms with Gasteiger partial charge >= 0.3 is 6.09 Å². The lowest BCUT2D eigenvalue weighted by molar-refractivity contribution is -0.162. The van der Waals surface area contributed by atoms with Crippen LogP contribution < -0.4 is 10.6 Å². The van der Waals surface area contributed by atoms with Gasteiger partial charge < -0.3 is 29.6 Å². The van der Waals surface area contributed by atoms with Crippen LogP contribution in [0.5, 0.6) is 0 Å². The Labute approximate surface area is 253 Å². The number of hydrogen-bond donors (Lipinski definition) is 2. The minimum Gasteiger partial charge on any atom is -0.467 e. The van der Waals surface area contributed by atoms with Gasteiger partial charge in [0.25, 0.3) is 0 Å². The number of carbonyl (C=O) groups excluding carboxylic acids is 3. The molecule has 2 fully saturated rings. The van der Waals surface area contributed by atoms with Gasteiger partial charge in [0, 0.05) is 19.6 Å². The summed E-state index contributed by atoms with van der Waals surface area (Å²) in [6.45, 7) is 3.42. The zero-order chi connectivity index (χ0) is 29.9. The number of amides is 3.